The van der Waals surface area contributed by atoms with E-state index in [4.69, 9.17) is 0 Å². The molecule has 1 fully saturated rings. The van der Waals surface area contributed by atoms with Gasteiger partial charge in [-0.2, -0.15) is 0 Å². The second-order valence-electron chi connectivity index (χ2n) is 4.35. The van der Waals surface area contributed by atoms with Crippen molar-refractivity contribution in [1.29, 1.82) is 0 Å². The number of aromatic nitrogens is 2. The van der Waals surface area contributed by atoms with Crippen LogP contribution in [0.5, 0.6) is 0 Å². The van der Waals surface area contributed by atoms with E-state index in [9.17, 15) is 0 Å². The van der Waals surface area contributed by atoms with Crippen LogP contribution in [0, 0.1) is 0 Å². The van der Waals surface area contributed by atoms with Crippen LogP contribution in [0.15, 0.2) is 12.5 Å². The van der Waals surface area contributed by atoms with Crippen molar-refractivity contribution in [2.24, 2.45) is 0 Å². The molecular weight excluding hydrogens is 172 g/mol. The van der Waals surface area contributed by atoms with Crippen molar-refractivity contribution in [3.8, 4) is 0 Å². The van der Waals surface area contributed by atoms with Crippen LogP contribution in [0.4, 0.5) is 0 Å². The fourth-order valence-corrected chi connectivity index (χ4v) is 1.95. The SMILES string of the molecule is CCCCCCn1cncc1C1CC1. The summed E-state index contributed by atoms with van der Waals surface area (Å²) >= 11 is 0. The normalized spacial score (nSPS) is 16.1. The highest BCUT2D eigenvalue weighted by atomic mass is 15.0. The van der Waals surface area contributed by atoms with E-state index in [0.717, 1.165) is 5.92 Å². The first-order valence-corrected chi connectivity index (χ1v) is 5.92. The largest absolute Gasteiger partial charge is 0.334 e. The Labute approximate surface area is 86.3 Å². The Morgan fingerprint density at radius 2 is 2.21 bits per heavy atom. The Hall–Kier alpha value is -0.790. The molecule has 1 aliphatic carbocycles. The van der Waals surface area contributed by atoms with E-state index in [1.54, 1.807) is 0 Å². The molecule has 0 N–H and O–H groups in total. The Morgan fingerprint density at radius 3 is 2.93 bits per heavy atom. The predicted octanol–water partition coefficient (Wildman–Crippen LogP) is 3.34. The topological polar surface area (TPSA) is 17.8 Å². The third kappa shape index (κ3) is 2.37. The molecule has 0 radical (unpaired) electrons. The lowest BCUT2D eigenvalue weighted by Crippen LogP contribution is -2.00. The standard InChI is InChI=1S/C12H20N2/c1-2-3-4-5-8-14-10-13-9-12(14)11-6-7-11/h9-11H,2-8H2,1H3. The van der Waals surface area contributed by atoms with Gasteiger partial charge in [-0.15, -0.1) is 0 Å². The van der Waals surface area contributed by atoms with Gasteiger partial charge in [0.25, 0.3) is 0 Å². The Bertz CT molecular complexity index is 274. The maximum absolute atomic E-state index is 4.25. The minimum Gasteiger partial charge on any atom is -0.334 e. The molecule has 0 spiro atoms. The Morgan fingerprint density at radius 1 is 1.36 bits per heavy atom. The van der Waals surface area contributed by atoms with Crippen molar-refractivity contribution in [1.82, 2.24) is 9.55 Å². The van der Waals surface area contributed by atoms with E-state index in [1.165, 1.54) is 50.8 Å². The lowest BCUT2D eigenvalue weighted by Gasteiger charge is -2.06. The minimum atomic E-state index is 0.837. The molecule has 1 aliphatic rings. The molecule has 0 amide bonds. The van der Waals surface area contributed by atoms with Crippen molar-refractivity contribution in [3.63, 3.8) is 0 Å². The molecule has 1 heterocycles. The average molecular weight is 192 g/mol. The maximum Gasteiger partial charge on any atom is 0.0948 e. The van der Waals surface area contributed by atoms with E-state index in [0.29, 0.717) is 0 Å². The van der Waals surface area contributed by atoms with Crippen molar-refractivity contribution in [2.75, 3.05) is 0 Å². The molecule has 0 aromatic carbocycles. The summed E-state index contributed by atoms with van der Waals surface area (Å²) in [6.07, 6.45) is 12.2. The summed E-state index contributed by atoms with van der Waals surface area (Å²) in [6.45, 7) is 3.43. The number of aryl methyl sites for hydroxylation is 1. The molecule has 0 bridgehead atoms. The van der Waals surface area contributed by atoms with Crippen LogP contribution in [0.1, 0.15) is 57.1 Å². The molecule has 14 heavy (non-hydrogen) atoms. The summed E-state index contributed by atoms with van der Waals surface area (Å²) in [7, 11) is 0. The van der Waals surface area contributed by atoms with Crippen LogP contribution in [0.25, 0.3) is 0 Å². The zero-order chi connectivity index (χ0) is 9.80. The molecule has 1 aromatic heterocycles. The number of imidazole rings is 1. The molecule has 0 atom stereocenters. The second-order valence-corrected chi connectivity index (χ2v) is 4.35. The predicted molar refractivity (Wildman–Crippen MR) is 58.3 cm³/mol. The molecule has 1 saturated carbocycles. The van der Waals surface area contributed by atoms with Crippen molar-refractivity contribution in [2.45, 2.75) is 57.9 Å². The van der Waals surface area contributed by atoms with Gasteiger partial charge in [-0.05, 0) is 19.3 Å². The van der Waals surface area contributed by atoms with E-state index in [2.05, 4.69) is 22.7 Å². The lowest BCUT2D eigenvalue weighted by atomic mass is 10.2. The fraction of sp³-hybridized carbons (Fsp3) is 0.750. The monoisotopic (exact) mass is 192 g/mol. The van der Waals surface area contributed by atoms with Gasteiger partial charge in [0.2, 0.25) is 0 Å². The van der Waals surface area contributed by atoms with E-state index >= 15 is 0 Å². The summed E-state index contributed by atoms with van der Waals surface area (Å²) in [5.74, 6) is 0.837. The van der Waals surface area contributed by atoms with Gasteiger partial charge in [-0.1, -0.05) is 26.2 Å². The number of unbranched alkanes of at least 4 members (excludes halogenated alkanes) is 3. The van der Waals surface area contributed by atoms with Gasteiger partial charge in [0.1, 0.15) is 0 Å². The van der Waals surface area contributed by atoms with Crippen molar-refractivity contribution in [3.05, 3.63) is 18.2 Å². The highest BCUT2D eigenvalue weighted by Crippen LogP contribution is 2.39. The van der Waals surface area contributed by atoms with Gasteiger partial charge in [0.05, 0.1) is 6.33 Å². The molecule has 2 rings (SSSR count). The van der Waals surface area contributed by atoms with Gasteiger partial charge in [0, 0.05) is 24.4 Å². The van der Waals surface area contributed by atoms with Gasteiger partial charge in [-0.25, -0.2) is 4.98 Å². The van der Waals surface area contributed by atoms with Crippen LogP contribution in [0.2, 0.25) is 0 Å². The molecule has 1 aromatic rings. The number of nitrogens with zero attached hydrogens (tertiary/aromatic N) is 2. The number of hydrogen-bond acceptors (Lipinski definition) is 1. The summed E-state index contributed by atoms with van der Waals surface area (Å²) < 4.78 is 2.35. The quantitative estimate of drug-likeness (QED) is 0.632. The first kappa shape index (κ1) is 9.75. The third-order valence-corrected chi connectivity index (χ3v) is 2.99. The van der Waals surface area contributed by atoms with Crippen LogP contribution in [0.3, 0.4) is 0 Å². The van der Waals surface area contributed by atoms with Crippen LogP contribution in [-0.2, 0) is 6.54 Å². The van der Waals surface area contributed by atoms with Gasteiger partial charge in [0.15, 0.2) is 0 Å². The summed E-state index contributed by atoms with van der Waals surface area (Å²) in [5, 5.41) is 0. The molecular formula is C12H20N2. The van der Waals surface area contributed by atoms with E-state index in [-0.39, 0.29) is 0 Å². The van der Waals surface area contributed by atoms with Crippen LogP contribution >= 0.6 is 0 Å². The van der Waals surface area contributed by atoms with Gasteiger partial charge < -0.3 is 4.57 Å². The number of rotatable bonds is 6. The smallest absolute Gasteiger partial charge is 0.0948 e. The zero-order valence-corrected chi connectivity index (χ0v) is 9.08. The van der Waals surface area contributed by atoms with E-state index in [1.807, 2.05) is 6.33 Å². The molecule has 0 unspecified atom stereocenters. The van der Waals surface area contributed by atoms with Crippen molar-refractivity contribution < 1.29 is 0 Å². The highest BCUT2D eigenvalue weighted by Gasteiger charge is 2.26. The summed E-state index contributed by atoms with van der Waals surface area (Å²) in [5.41, 5.74) is 1.47. The molecule has 2 nitrogen and oxygen atoms in total. The fourth-order valence-electron chi connectivity index (χ4n) is 1.95. The minimum absolute atomic E-state index is 0.837. The lowest BCUT2D eigenvalue weighted by molar-refractivity contribution is 0.568. The van der Waals surface area contributed by atoms with Crippen molar-refractivity contribution >= 4 is 0 Å². The zero-order valence-electron chi connectivity index (χ0n) is 9.08. The average Bonchev–Trinajstić information content (AvgIpc) is 2.94. The molecule has 2 heteroatoms. The Balaban J connectivity index is 1.80. The molecule has 0 aliphatic heterocycles. The molecule has 0 saturated heterocycles. The van der Waals surface area contributed by atoms with Gasteiger partial charge >= 0.3 is 0 Å². The summed E-state index contributed by atoms with van der Waals surface area (Å²) in [6, 6.07) is 0. The van der Waals surface area contributed by atoms with Crippen LogP contribution < -0.4 is 0 Å². The first-order chi connectivity index (χ1) is 6.92. The second kappa shape index (κ2) is 4.63. The number of hydrogen-bond donors (Lipinski definition) is 0. The highest BCUT2D eigenvalue weighted by molar-refractivity contribution is 5.12. The maximum atomic E-state index is 4.25. The first-order valence-electron chi connectivity index (χ1n) is 5.92. The Kier molecular flexibility index (Phi) is 3.22. The summed E-state index contributed by atoms with van der Waals surface area (Å²) in [4.78, 5) is 4.25. The van der Waals surface area contributed by atoms with Gasteiger partial charge in [-0.3, -0.25) is 0 Å². The van der Waals surface area contributed by atoms with E-state index < -0.39 is 0 Å². The molecule has 78 valence electrons. The third-order valence-electron chi connectivity index (χ3n) is 2.99. The van der Waals surface area contributed by atoms with Crippen LogP contribution in [-0.4, -0.2) is 9.55 Å².